The molecule has 0 saturated heterocycles. The second-order valence-corrected chi connectivity index (χ2v) is 10.5. The molecule has 5 aromatic rings. The van der Waals surface area contributed by atoms with Crippen molar-refractivity contribution in [1.29, 1.82) is 0 Å². The third kappa shape index (κ3) is 5.04. The van der Waals surface area contributed by atoms with E-state index in [4.69, 9.17) is 0 Å². The number of halogens is 2. The number of hydrogen-bond acceptors (Lipinski definition) is 5. The minimum atomic E-state index is -0.622. The van der Waals surface area contributed by atoms with Gasteiger partial charge >= 0.3 is 0 Å². The molecule has 0 bridgehead atoms. The zero-order valence-electron chi connectivity index (χ0n) is 22.3. The van der Waals surface area contributed by atoms with E-state index in [0.717, 1.165) is 33.3 Å². The molecule has 0 fully saturated rings. The Hall–Kier alpha value is -4.04. The molecule has 8 heteroatoms. The normalized spacial score (nSPS) is 12.1. The highest BCUT2D eigenvalue weighted by Crippen LogP contribution is 2.34. The maximum atomic E-state index is 15.3. The van der Waals surface area contributed by atoms with E-state index in [9.17, 15) is 9.18 Å². The van der Waals surface area contributed by atoms with Crippen LogP contribution in [0.15, 0.2) is 76.7 Å². The lowest BCUT2D eigenvalue weighted by Gasteiger charge is -2.21. The van der Waals surface area contributed by atoms with E-state index in [-0.39, 0.29) is 22.9 Å². The van der Waals surface area contributed by atoms with E-state index in [1.54, 1.807) is 25.7 Å². The fourth-order valence-corrected chi connectivity index (χ4v) is 5.48. The highest BCUT2D eigenvalue weighted by molar-refractivity contribution is 7.98. The molecule has 0 aliphatic heterocycles. The standard InChI is InChI=1S/C31H28F2N4OS/c1-17-10-22(19(3)36-27-8-6-7-9-29(27)39-5)24-14-28(37(4)31(38)25(24)11-17)20-12-26(33)30(35-15-20)23-13-21(32)16-34-18(23)2/h6-16,19,36H,1-5H3. The van der Waals surface area contributed by atoms with Gasteiger partial charge in [0.2, 0.25) is 0 Å². The Morgan fingerprint density at radius 3 is 2.49 bits per heavy atom. The number of rotatable bonds is 6. The summed E-state index contributed by atoms with van der Waals surface area (Å²) in [7, 11) is 1.67. The van der Waals surface area contributed by atoms with Crippen LogP contribution in [0.4, 0.5) is 14.5 Å². The molecule has 0 aliphatic carbocycles. The van der Waals surface area contributed by atoms with Crippen LogP contribution in [0.25, 0.3) is 33.3 Å². The number of nitrogens with one attached hydrogen (secondary N) is 1. The smallest absolute Gasteiger partial charge is 0.258 e. The molecule has 0 saturated carbocycles. The first-order valence-corrected chi connectivity index (χ1v) is 13.7. The first-order chi connectivity index (χ1) is 18.7. The van der Waals surface area contributed by atoms with Crippen LogP contribution in [0.5, 0.6) is 0 Å². The summed E-state index contributed by atoms with van der Waals surface area (Å²) in [6, 6.07) is 16.4. The summed E-state index contributed by atoms with van der Waals surface area (Å²) in [5, 5.41) is 4.98. The number of fused-ring (bicyclic) bond motifs is 1. The van der Waals surface area contributed by atoms with Crippen molar-refractivity contribution in [3.8, 4) is 22.5 Å². The number of nitrogens with zero attached hydrogens (tertiary/aromatic N) is 3. The second-order valence-electron chi connectivity index (χ2n) is 9.62. The molecule has 0 aliphatic rings. The first-order valence-electron chi connectivity index (χ1n) is 12.5. The van der Waals surface area contributed by atoms with Gasteiger partial charge in [0, 0.05) is 52.1 Å². The first kappa shape index (κ1) is 26.6. The fourth-order valence-electron chi connectivity index (χ4n) is 4.92. The number of thioether (sulfide) groups is 1. The fraction of sp³-hybridized carbons (Fsp3) is 0.194. The molecule has 0 amide bonds. The average molecular weight is 543 g/mol. The maximum absolute atomic E-state index is 15.3. The van der Waals surface area contributed by atoms with Crippen molar-refractivity contribution in [3.63, 3.8) is 0 Å². The summed E-state index contributed by atoms with van der Waals surface area (Å²) in [5.74, 6) is -1.19. The molecule has 1 atom stereocenters. The third-order valence-corrected chi connectivity index (χ3v) is 7.72. The Morgan fingerprint density at radius 2 is 1.74 bits per heavy atom. The van der Waals surface area contributed by atoms with E-state index in [2.05, 4.69) is 34.3 Å². The van der Waals surface area contributed by atoms with Gasteiger partial charge in [-0.25, -0.2) is 8.78 Å². The van der Waals surface area contributed by atoms with Crippen molar-refractivity contribution in [2.24, 2.45) is 7.05 Å². The molecule has 5 rings (SSSR count). The molecule has 3 heterocycles. The minimum absolute atomic E-state index is 0.00985. The number of para-hydroxylation sites is 1. The lowest BCUT2D eigenvalue weighted by molar-refractivity contribution is 0.616. The third-order valence-electron chi connectivity index (χ3n) is 6.92. The lowest BCUT2D eigenvalue weighted by Crippen LogP contribution is -2.20. The summed E-state index contributed by atoms with van der Waals surface area (Å²) in [5.41, 5.74) is 4.51. The summed E-state index contributed by atoms with van der Waals surface area (Å²) in [6.07, 6.45) is 4.63. The van der Waals surface area contributed by atoms with E-state index < -0.39 is 11.6 Å². The predicted molar refractivity (Wildman–Crippen MR) is 155 cm³/mol. The van der Waals surface area contributed by atoms with Gasteiger partial charge in [-0.15, -0.1) is 11.8 Å². The quantitative estimate of drug-likeness (QED) is 0.226. The average Bonchev–Trinajstić information content (AvgIpc) is 2.92. The molecule has 5 nitrogen and oxygen atoms in total. The minimum Gasteiger partial charge on any atom is -0.378 e. The van der Waals surface area contributed by atoms with Crippen molar-refractivity contribution >= 4 is 28.2 Å². The maximum Gasteiger partial charge on any atom is 0.258 e. The van der Waals surface area contributed by atoms with Crippen LogP contribution >= 0.6 is 11.8 Å². The molecule has 39 heavy (non-hydrogen) atoms. The van der Waals surface area contributed by atoms with E-state index >= 15 is 4.39 Å². The molecule has 1 N–H and O–H groups in total. The van der Waals surface area contributed by atoms with Crippen molar-refractivity contribution < 1.29 is 8.78 Å². The summed E-state index contributed by atoms with van der Waals surface area (Å²) in [6.45, 7) is 5.71. The van der Waals surface area contributed by atoms with E-state index in [1.807, 2.05) is 43.5 Å². The van der Waals surface area contributed by atoms with Crippen molar-refractivity contribution in [1.82, 2.24) is 14.5 Å². The largest absolute Gasteiger partial charge is 0.378 e. The van der Waals surface area contributed by atoms with Crippen LogP contribution in [0.2, 0.25) is 0 Å². The molecule has 0 spiro atoms. The SMILES string of the molecule is CSc1ccccc1NC(C)c1cc(C)cc2c(=O)n(C)c(-c3cnc(-c4cc(F)cnc4C)c(F)c3)cc12. The Labute approximate surface area is 230 Å². The number of aromatic nitrogens is 3. The van der Waals surface area contributed by atoms with Gasteiger partial charge < -0.3 is 9.88 Å². The molecule has 1 unspecified atom stereocenters. The van der Waals surface area contributed by atoms with Gasteiger partial charge in [-0.3, -0.25) is 14.8 Å². The molecular weight excluding hydrogens is 514 g/mol. The topological polar surface area (TPSA) is 59.8 Å². The molecule has 2 aromatic carbocycles. The van der Waals surface area contributed by atoms with Crippen molar-refractivity contribution in [3.05, 3.63) is 106 Å². The lowest BCUT2D eigenvalue weighted by atomic mass is 9.96. The molecule has 3 aromatic heterocycles. The number of aryl methyl sites for hydroxylation is 2. The zero-order chi connectivity index (χ0) is 27.8. The number of anilines is 1. The number of hydrogen-bond donors (Lipinski definition) is 1. The summed E-state index contributed by atoms with van der Waals surface area (Å²) in [4.78, 5) is 23.0. The predicted octanol–water partition coefficient (Wildman–Crippen LogP) is 7.45. The Bertz CT molecular complexity index is 1780. The highest BCUT2D eigenvalue weighted by Gasteiger charge is 2.19. The van der Waals surface area contributed by atoms with Gasteiger partial charge in [-0.05, 0) is 79.9 Å². The van der Waals surface area contributed by atoms with Gasteiger partial charge in [0.15, 0.2) is 0 Å². The van der Waals surface area contributed by atoms with Crippen LogP contribution in [0.3, 0.4) is 0 Å². The van der Waals surface area contributed by atoms with Crippen LogP contribution in [-0.4, -0.2) is 20.8 Å². The van der Waals surface area contributed by atoms with Gasteiger partial charge in [0.1, 0.15) is 17.3 Å². The number of pyridine rings is 3. The van der Waals surface area contributed by atoms with Gasteiger partial charge in [0.25, 0.3) is 5.56 Å². The van der Waals surface area contributed by atoms with Crippen LogP contribution in [0.1, 0.15) is 29.8 Å². The van der Waals surface area contributed by atoms with E-state index in [1.165, 1.54) is 22.9 Å². The highest BCUT2D eigenvalue weighted by atomic mass is 32.2. The summed E-state index contributed by atoms with van der Waals surface area (Å²) < 4.78 is 30.7. The molecule has 0 radical (unpaired) electrons. The Morgan fingerprint density at radius 1 is 0.974 bits per heavy atom. The van der Waals surface area contributed by atoms with Gasteiger partial charge in [-0.1, -0.05) is 18.2 Å². The second kappa shape index (κ2) is 10.6. The van der Waals surface area contributed by atoms with E-state index in [0.29, 0.717) is 22.3 Å². The van der Waals surface area contributed by atoms with Crippen molar-refractivity contribution in [2.45, 2.75) is 31.7 Å². The Balaban J connectivity index is 1.63. The Kier molecular flexibility index (Phi) is 7.23. The van der Waals surface area contributed by atoms with Crippen LogP contribution in [-0.2, 0) is 7.05 Å². The van der Waals surface area contributed by atoms with Crippen LogP contribution in [0, 0.1) is 25.5 Å². The molecule has 198 valence electrons. The van der Waals surface area contributed by atoms with Crippen LogP contribution < -0.4 is 10.9 Å². The zero-order valence-corrected chi connectivity index (χ0v) is 23.2. The number of benzene rings is 2. The summed E-state index contributed by atoms with van der Waals surface area (Å²) >= 11 is 1.66. The van der Waals surface area contributed by atoms with Gasteiger partial charge in [-0.2, -0.15) is 0 Å². The van der Waals surface area contributed by atoms with Gasteiger partial charge in [0.05, 0.1) is 11.9 Å². The molecular formula is C31H28F2N4OS. The van der Waals surface area contributed by atoms with Crippen molar-refractivity contribution in [2.75, 3.05) is 11.6 Å². The monoisotopic (exact) mass is 542 g/mol.